The molecule has 2 aromatic carbocycles. The minimum absolute atomic E-state index is 0.00440. The second-order valence-electron chi connectivity index (χ2n) is 6.10. The summed E-state index contributed by atoms with van der Waals surface area (Å²) >= 11 is 0. The molecule has 3 rings (SSSR count). The number of hydrogen-bond acceptors (Lipinski definition) is 4. The number of nitrogens with zero attached hydrogens (tertiary/aromatic N) is 2. The predicted molar refractivity (Wildman–Crippen MR) is 99.7 cm³/mol. The van der Waals surface area contributed by atoms with Gasteiger partial charge in [-0.2, -0.15) is 0 Å². The zero-order chi connectivity index (χ0) is 18.5. The fourth-order valence-electron chi connectivity index (χ4n) is 2.49. The number of amides is 1. The summed E-state index contributed by atoms with van der Waals surface area (Å²) in [6, 6.07) is 14.0. The number of likely N-dealkylation sites (N-methyl/N-ethyl adjacent to an activating group) is 1. The number of rotatable bonds is 6. The SMILES string of the molecule is CN(C)C(=O)COc1cccc(CNc2ccnc3cc(F)ccc23)c1. The molecule has 6 heteroatoms. The summed E-state index contributed by atoms with van der Waals surface area (Å²) in [6.07, 6.45) is 1.65. The number of aromatic nitrogens is 1. The Bertz CT molecular complexity index is 928. The van der Waals surface area contributed by atoms with Crippen molar-refractivity contribution in [3.63, 3.8) is 0 Å². The molecule has 0 aliphatic heterocycles. The highest BCUT2D eigenvalue weighted by atomic mass is 19.1. The van der Waals surface area contributed by atoms with Gasteiger partial charge in [0.25, 0.3) is 5.91 Å². The van der Waals surface area contributed by atoms with Gasteiger partial charge in [-0.15, -0.1) is 0 Å². The van der Waals surface area contributed by atoms with Crippen molar-refractivity contribution in [3.05, 3.63) is 66.1 Å². The Labute approximate surface area is 151 Å². The van der Waals surface area contributed by atoms with E-state index >= 15 is 0 Å². The normalized spacial score (nSPS) is 10.6. The molecular weight excluding hydrogens is 333 g/mol. The van der Waals surface area contributed by atoms with E-state index in [9.17, 15) is 9.18 Å². The van der Waals surface area contributed by atoms with E-state index in [4.69, 9.17) is 4.74 Å². The van der Waals surface area contributed by atoms with Crippen molar-refractivity contribution in [2.24, 2.45) is 0 Å². The number of fused-ring (bicyclic) bond motifs is 1. The number of hydrogen-bond donors (Lipinski definition) is 1. The molecule has 26 heavy (non-hydrogen) atoms. The first kappa shape index (κ1) is 17.7. The van der Waals surface area contributed by atoms with Crippen LogP contribution in [0.3, 0.4) is 0 Å². The van der Waals surface area contributed by atoms with Gasteiger partial charge in [-0.3, -0.25) is 9.78 Å². The number of nitrogens with one attached hydrogen (secondary N) is 1. The molecule has 0 atom stereocenters. The van der Waals surface area contributed by atoms with Gasteiger partial charge in [-0.05, 0) is 35.9 Å². The van der Waals surface area contributed by atoms with Gasteiger partial charge in [0.05, 0.1) is 5.52 Å². The van der Waals surface area contributed by atoms with Crippen LogP contribution in [0, 0.1) is 5.82 Å². The number of pyridine rings is 1. The minimum Gasteiger partial charge on any atom is -0.484 e. The minimum atomic E-state index is -0.306. The molecule has 0 aliphatic rings. The molecule has 3 aromatic rings. The van der Waals surface area contributed by atoms with Gasteiger partial charge in [-0.25, -0.2) is 4.39 Å². The summed E-state index contributed by atoms with van der Waals surface area (Å²) < 4.78 is 18.9. The summed E-state index contributed by atoms with van der Waals surface area (Å²) in [5, 5.41) is 4.20. The Morgan fingerprint density at radius 2 is 2.04 bits per heavy atom. The Kier molecular flexibility index (Phi) is 5.31. The van der Waals surface area contributed by atoms with Crippen molar-refractivity contribution in [1.82, 2.24) is 9.88 Å². The molecule has 0 fully saturated rings. The molecule has 0 radical (unpaired) electrons. The zero-order valence-electron chi connectivity index (χ0n) is 14.7. The van der Waals surface area contributed by atoms with Crippen LogP contribution in [0.25, 0.3) is 10.9 Å². The third kappa shape index (κ3) is 4.27. The fourth-order valence-corrected chi connectivity index (χ4v) is 2.49. The molecule has 1 heterocycles. The summed E-state index contributed by atoms with van der Waals surface area (Å²) in [7, 11) is 3.38. The largest absolute Gasteiger partial charge is 0.484 e. The van der Waals surface area contributed by atoms with Crippen LogP contribution in [0.15, 0.2) is 54.7 Å². The molecule has 1 N–H and O–H groups in total. The predicted octanol–water partition coefficient (Wildman–Crippen LogP) is 3.45. The third-order valence-electron chi connectivity index (χ3n) is 3.95. The number of ether oxygens (including phenoxy) is 1. The van der Waals surface area contributed by atoms with E-state index in [1.165, 1.54) is 17.0 Å². The van der Waals surface area contributed by atoms with E-state index in [1.54, 1.807) is 26.4 Å². The molecule has 0 saturated heterocycles. The van der Waals surface area contributed by atoms with Crippen molar-refractivity contribution in [3.8, 4) is 5.75 Å². The summed E-state index contributed by atoms with van der Waals surface area (Å²) in [6.45, 7) is 0.569. The van der Waals surface area contributed by atoms with E-state index < -0.39 is 0 Å². The monoisotopic (exact) mass is 353 g/mol. The molecule has 0 unspecified atom stereocenters. The molecule has 5 nitrogen and oxygen atoms in total. The highest BCUT2D eigenvalue weighted by Crippen LogP contribution is 2.23. The summed E-state index contributed by atoms with van der Waals surface area (Å²) in [5.41, 5.74) is 2.49. The second kappa shape index (κ2) is 7.82. The average Bonchev–Trinajstić information content (AvgIpc) is 2.64. The van der Waals surface area contributed by atoms with Crippen molar-refractivity contribution in [2.75, 3.05) is 26.0 Å². The number of carbonyl (C=O) groups is 1. The van der Waals surface area contributed by atoms with Crippen molar-refractivity contribution in [2.45, 2.75) is 6.54 Å². The number of carbonyl (C=O) groups excluding carboxylic acids is 1. The lowest BCUT2D eigenvalue weighted by Gasteiger charge is -2.13. The Morgan fingerprint density at radius 3 is 2.85 bits per heavy atom. The van der Waals surface area contributed by atoms with E-state index in [2.05, 4.69) is 10.3 Å². The van der Waals surface area contributed by atoms with Gasteiger partial charge in [-0.1, -0.05) is 12.1 Å². The van der Waals surface area contributed by atoms with Crippen LogP contribution in [0.5, 0.6) is 5.75 Å². The Balaban J connectivity index is 1.69. The summed E-state index contributed by atoms with van der Waals surface area (Å²) in [4.78, 5) is 17.3. The average molecular weight is 353 g/mol. The lowest BCUT2D eigenvalue weighted by atomic mass is 10.1. The highest BCUT2D eigenvalue weighted by molar-refractivity contribution is 5.90. The molecular formula is C20H20FN3O2. The van der Waals surface area contributed by atoms with E-state index in [-0.39, 0.29) is 18.3 Å². The van der Waals surface area contributed by atoms with Crippen molar-refractivity contribution < 1.29 is 13.9 Å². The van der Waals surface area contributed by atoms with E-state index in [0.717, 1.165) is 16.6 Å². The van der Waals surface area contributed by atoms with Crippen LogP contribution in [0.1, 0.15) is 5.56 Å². The van der Waals surface area contributed by atoms with Gasteiger partial charge >= 0.3 is 0 Å². The van der Waals surface area contributed by atoms with E-state index in [0.29, 0.717) is 17.8 Å². The number of anilines is 1. The van der Waals surface area contributed by atoms with Crippen LogP contribution in [0.4, 0.5) is 10.1 Å². The van der Waals surface area contributed by atoms with Crippen molar-refractivity contribution >= 4 is 22.5 Å². The lowest BCUT2D eigenvalue weighted by molar-refractivity contribution is -0.130. The maximum atomic E-state index is 13.3. The van der Waals surface area contributed by atoms with Gasteiger partial charge in [0, 0.05) is 44.0 Å². The molecule has 0 spiro atoms. The third-order valence-corrected chi connectivity index (χ3v) is 3.95. The molecule has 0 bridgehead atoms. The topological polar surface area (TPSA) is 54.5 Å². The zero-order valence-corrected chi connectivity index (χ0v) is 14.7. The Hall–Kier alpha value is -3.15. The maximum Gasteiger partial charge on any atom is 0.259 e. The van der Waals surface area contributed by atoms with Crippen LogP contribution in [-0.4, -0.2) is 36.5 Å². The van der Waals surface area contributed by atoms with Gasteiger partial charge in [0.1, 0.15) is 11.6 Å². The smallest absolute Gasteiger partial charge is 0.259 e. The first-order valence-corrected chi connectivity index (χ1v) is 8.23. The number of benzene rings is 2. The molecule has 1 aromatic heterocycles. The summed E-state index contributed by atoms with van der Waals surface area (Å²) in [5.74, 6) is 0.240. The van der Waals surface area contributed by atoms with Crippen LogP contribution in [0.2, 0.25) is 0 Å². The molecule has 1 amide bonds. The van der Waals surface area contributed by atoms with Gasteiger partial charge in [0.15, 0.2) is 6.61 Å². The standard InChI is InChI=1S/C20H20FN3O2/c1-24(2)20(25)13-26-16-5-3-4-14(10-16)12-23-18-8-9-22-19-11-15(21)6-7-17(18)19/h3-11H,12-13H2,1-2H3,(H,22,23). The molecule has 134 valence electrons. The van der Waals surface area contributed by atoms with Crippen LogP contribution < -0.4 is 10.1 Å². The maximum absolute atomic E-state index is 13.3. The van der Waals surface area contributed by atoms with Crippen LogP contribution >= 0.6 is 0 Å². The quantitative estimate of drug-likeness (QED) is 0.737. The van der Waals surface area contributed by atoms with Gasteiger partial charge in [0.2, 0.25) is 0 Å². The molecule has 0 aliphatic carbocycles. The van der Waals surface area contributed by atoms with Crippen molar-refractivity contribution in [1.29, 1.82) is 0 Å². The van der Waals surface area contributed by atoms with Gasteiger partial charge < -0.3 is 15.0 Å². The highest BCUT2D eigenvalue weighted by Gasteiger charge is 2.06. The first-order chi connectivity index (χ1) is 12.5. The first-order valence-electron chi connectivity index (χ1n) is 8.23. The molecule has 0 saturated carbocycles. The second-order valence-corrected chi connectivity index (χ2v) is 6.10. The number of halogens is 1. The lowest BCUT2D eigenvalue weighted by Crippen LogP contribution is -2.27. The van der Waals surface area contributed by atoms with Crippen LogP contribution in [-0.2, 0) is 11.3 Å². The Morgan fingerprint density at radius 1 is 1.19 bits per heavy atom. The van der Waals surface area contributed by atoms with E-state index in [1.807, 2.05) is 30.3 Å². The fraction of sp³-hybridized carbons (Fsp3) is 0.200.